The molecule has 0 fully saturated rings. The molecule has 18 heavy (non-hydrogen) atoms. The topological polar surface area (TPSA) is 50.7 Å². The highest BCUT2D eigenvalue weighted by Gasteiger charge is 2.17. The lowest BCUT2D eigenvalue weighted by molar-refractivity contribution is 0.0271. The first-order valence-corrected chi connectivity index (χ1v) is 6.22. The number of rotatable bonds is 7. The normalized spacial score (nSPS) is 11.4. The molecule has 0 unspecified atom stereocenters. The fourth-order valence-corrected chi connectivity index (χ4v) is 1.57. The van der Waals surface area contributed by atoms with Crippen LogP contribution in [0.2, 0.25) is 0 Å². The Hall–Kier alpha value is -1.26. The Kier molecular flexibility index (Phi) is 5.44. The monoisotopic (exact) mass is 253 g/mol. The third-order valence-corrected chi connectivity index (χ3v) is 2.30. The van der Waals surface area contributed by atoms with Gasteiger partial charge in [0.1, 0.15) is 6.61 Å². The van der Waals surface area contributed by atoms with E-state index in [4.69, 9.17) is 9.47 Å². The molecule has 0 spiro atoms. The van der Waals surface area contributed by atoms with Crippen LogP contribution in [0.4, 0.5) is 0 Å². The largest absolute Gasteiger partial charge is 0.490 e. The van der Waals surface area contributed by atoms with Crippen LogP contribution in [0.1, 0.15) is 26.3 Å². The molecule has 0 heterocycles. The molecule has 1 aromatic carbocycles. The van der Waals surface area contributed by atoms with Crippen molar-refractivity contribution in [1.29, 1.82) is 0 Å². The molecule has 0 atom stereocenters. The number of para-hydroxylation sites is 1. The summed E-state index contributed by atoms with van der Waals surface area (Å²) in [6.07, 6.45) is 0. The van der Waals surface area contributed by atoms with Crippen molar-refractivity contribution >= 4 is 0 Å². The van der Waals surface area contributed by atoms with Crippen molar-refractivity contribution in [2.75, 3.05) is 20.3 Å². The quantitative estimate of drug-likeness (QED) is 0.780. The molecule has 0 radical (unpaired) electrons. The van der Waals surface area contributed by atoms with Crippen molar-refractivity contribution in [2.45, 2.75) is 32.9 Å². The van der Waals surface area contributed by atoms with Gasteiger partial charge < -0.3 is 19.9 Å². The average molecular weight is 253 g/mol. The van der Waals surface area contributed by atoms with Gasteiger partial charge in [-0.15, -0.1) is 0 Å². The zero-order valence-corrected chi connectivity index (χ0v) is 11.6. The second-order valence-corrected chi connectivity index (χ2v) is 4.81. The smallest absolute Gasteiger partial charge is 0.165 e. The average Bonchev–Trinajstić information content (AvgIpc) is 2.28. The Bertz CT molecular complexity index is 348. The SMILES string of the molecule is CCOc1cccc(CNC)c1OCC(C)(C)O. The highest BCUT2D eigenvalue weighted by atomic mass is 16.5. The van der Waals surface area contributed by atoms with E-state index in [0.29, 0.717) is 18.9 Å². The van der Waals surface area contributed by atoms with E-state index in [9.17, 15) is 5.11 Å². The van der Waals surface area contributed by atoms with Crippen molar-refractivity contribution in [2.24, 2.45) is 0 Å². The lowest BCUT2D eigenvalue weighted by atomic mass is 10.1. The van der Waals surface area contributed by atoms with Crippen LogP contribution in [0.25, 0.3) is 0 Å². The first-order chi connectivity index (χ1) is 8.48. The minimum absolute atomic E-state index is 0.230. The molecule has 0 saturated carbocycles. The van der Waals surface area contributed by atoms with Gasteiger partial charge in [0, 0.05) is 12.1 Å². The first kappa shape index (κ1) is 14.8. The van der Waals surface area contributed by atoms with Gasteiger partial charge in [-0.25, -0.2) is 0 Å². The number of nitrogens with one attached hydrogen (secondary N) is 1. The molecule has 1 rings (SSSR count). The van der Waals surface area contributed by atoms with Gasteiger partial charge in [0.25, 0.3) is 0 Å². The molecule has 1 aromatic rings. The van der Waals surface area contributed by atoms with Crippen molar-refractivity contribution < 1.29 is 14.6 Å². The summed E-state index contributed by atoms with van der Waals surface area (Å²) in [7, 11) is 1.88. The summed E-state index contributed by atoms with van der Waals surface area (Å²) in [5, 5.41) is 12.8. The molecular formula is C14H23NO3. The fraction of sp³-hybridized carbons (Fsp3) is 0.571. The lowest BCUT2D eigenvalue weighted by Gasteiger charge is -2.21. The second-order valence-electron chi connectivity index (χ2n) is 4.81. The number of aliphatic hydroxyl groups is 1. The van der Waals surface area contributed by atoms with Gasteiger partial charge in [-0.2, -0.15) is 0 Å². The van der Waals surface area contributed by atoms with Crippen LogP contribution in [-0.2, 0) is 6.54 Å². The molecule has 2 N–H and O–H groups in total. The summed E-state index contributed by atoms with van der Waals surface area (Å²) < 4.78 is 11.3. The van der Waals surface area contributed by atoms with Gasteiger partial charge in [0.15, 0.2) is 11.5 Å². The van der Waals surface area contributed by atoms with Crippen molar-refractivity contribution in [3.8, 4) is 11.5 Å². The van der Waals surface area contributed by atoms with Gasteiger partial charge in [-0.1, -0.05) is 12.1 Å². The van der Waals surface area contributed by atoms with E-state index < -0.39 is 5.60 Å². The van der Waals surface area contributed by atoms with Crippen molar-refractivity contribution in [3.05, 3.63) is 23.8 Å². The Morgan fingerprint density at radius 3 is 2.56 bits per heavy atom. The third-order valence-electron chi connectivity index (χ3n) is 2.30. The maximum absolute atomic E-state index is 9.74. The predicted molar refractivity (Wildman–Crippen MR) is 72.2 cm³/mol. The predicted octanol–water partition coefficient (Wildman–Crippen LogP) is 1.95. The second kappa shape index (κ2) is 6.61. The molecule has 0 aliphatic carbocycles. The molecular weight excluding hydrogens is 230 g/mol. The third kappa shape index (κ3) is 4.55. The van der Waals surface area contributed by atoms with E-state index in [-0.39, 0.29) is 6.61 Å². The van der Waals surface area contributed by atoms with Crippen LogP contribution in [-0.4, -0.2) is 31.0 Å². The maximum atomic E-state index is 9.74. The lowest BCUT2D eigenvalue weighted by Crippen LogP contribution is -2.28. The van der Waals surface area contributed by atoms with E-state index in [1.165, 1.54) is 0 Å². The summed E-state index contributed by atoms with van der Waals surface area (Å²) in [6.45, 7) is 6.88. The zero-order valence-electron chi connectivity index (χ0n) is 11.6. The standard InChI is InChI=1S/C14H23NO3/c1-5-17-12-8-6-7-11(9-15-4)13(12)18-10-14(2,3)16/h6-8,15-16H,5,9-10H2,1-4H3. The minimum Gasteiger partial charge on any atom is -0.490 e. The van der Waals surface area contributed by atoms with Crippen molar-refractivity contribution in [1.82, 2.24) is 5.32 Å². The first-order valence-electron chi connectivity index (χ1n) is 6.22. The van der Waals surface area contributed by atoms with Crippen molar-refractivity contribution in [3.63, 3.8) is 0 Å². The van der Waals surface area contributed by atoms with Crippen LogP contribution in [0.5, 0.6) is 11.5 Å². The van der Waals surface area contributed by atoms with E-state index in [0.717, 1.165) is 11.3 Å². The van der Waals surface area contributed by atoms with Gasteiger partial charge in [0.2, 0.25) is 0 Å². The van der Waals surface area contributed by atoms with E-state index in [1.807, 2.05) is 32.2 Å². The van der Waals surface area contributed by atoms with Gasteiger partial charge in [-0.3, -0.25) is 0 Å². The Morgan fingerprint density at radius 2 is 2.00 bits per heavy atom. The van der Waals surface area contributed by atoms with E-state index in [2.05, 4.69) is 5.32 Å². The molecule has 4 nitrogen and oxygen atoms in total. The number of hydrogen-bond donors (Lipinski definition) is 2. The molecule has 0 aliphatic heterocycles. The molecule has 0 bridgehead atoms. The van der Waals surface area contributed by atoms with E-state index in [1.54, 1.807) is 13.8 Å². The summed E-state index contributed by atoms with van der Waals surface area (Å²) in [6, 6.07) is 5.80. The molecule has 0 saturated heterocycles. The minimum atomic E-state index is -0.865. The van der Waals surface area contributed by atoms with Crippen LogP contribution in [0.15, 0.2) is 18.2 Å². The number of ether oxygens (including phenoxy) is 2. The molecule has 4 heteroatoms. The van der Waals surface area contributed by atoms with Crippen LogP contribution in [0, 0.1) is 0 Å². The van der Waals surface area contributed by atoms with E-state index >= 15 is 0 Å². The fourth-order valence-electron chi connectivity index (χ4n) is 1.57. The molecule has 0 aromatic heterocycles. The molecule has 102 valence electrons. The highest BCUT2D eigenvalue weighted by molar-refractivity contribution is 5.46. The van der Waals surface area contributed by atoms with Gasteiger partial charge in [0.05, 0.1) is 12.2 Å². The Labute approximate surface area is 109 Å². The maximum Gasteiger partial charge on any atom is 0.165 e. The van der Waals surface area contributed by atoms with Crippen LogP contribution >= 0.6 is 0 Å². The molecule has 0 amide bonds. The Morgan fingerprint density at radius 1 is 1.28 bits per heavy atom. The summed E-state index contributed by atoms with van der Waals surface area (Å²) in [5.74, 6) is 1.42. The highest BCUT2D eigenvalue weighted by Crippen LogP contribution is 2.32. The van der Waals surface area contributed by atoms with Crippen LogP contribution in [0.3, 0.4) is 0 Å². The summed E-state index contributed by atoms with van der Waals surface area (Å²) in [5.41, 5.74) is 0.156. The summed E-state index contributed by atoms with van der Waals surface area (Å²) in [4.78, 5) is 0. The van der Waals surface area contributed by atoms with Crippen LogP contribution < -0.4 is 14.8 Å². The molecule has 0 aliphatic rings. The zero-order chi connectivity index (χ0) is 13.6. The number of benzene rings is 1. The van der Waals surface area contributed by atoms with Gasteiger partial charge in [-0.05, 0) is 33.9 Å². The summed E-state index contributed by atoms with van der Waals surface area (Å²) >= 11 is 0. The van der Waals surface area contributed by atoms with Gasteiger partial charge >= 0.3 is 0 Å². The Balaban J connectivity index is 2.94. The number of hydrogen-bond acceptors (Lipinski definition) is 4.